The van der Waals surface area contributed by atoms with E-state index < -0.39 is 0 Å². The van der Waals surface area contributed by atoms with Gasteiger partial charge in [0.1, 0.15) is 0 Å². The third-order valence-corrected chi connectivity index (χ3v) is 9.46. The Morgan fingerprint density at radius 1 is 0.167 bits per heavy atom. The Balaban J connectivity index is 3.04. The molecular formula is C40H84N2. The second kappa shape index (κ2) is 37.1. The van der Waals surface area contributed by atoms with Crippen LogP contribution in [0.15, 0.2) is 0 Å². The van der Waals surface area contributed by atoms with E-state index in [9.17, 15) is 0 Å². The summed E-state index contributed by atoms with van der Waals surface area (Å²) in [4.78, 5) is 4.62. The quantitative estimate of drug-likeness (QED) is 0.0662. The summed E-state index contributed by atoms with van der Waals surface area (Å²) in [6, 6.07) is 0. The van der Waals surface area contributed by atoms with Crippen molar-refractivity contribution in [1.82, 2.24) is 9.80 Å². The van der Waals surface area contributed by atoms with E-state index in [1.165, 1.54) is 231 Å². The Morgan fingerprint density at radius 3 is 0.357 bits per heavy atom. The van der Waals surface area contributed by atoms with Crippen LogP contribution < -0.4 is 0 Å². The van der Waals surface area contributed by atoms with Gasteiger partial charge in [-0.3, -0.25) is 0 Å². The molecule has 0 aromatic rings. The van der Waals surface area contributed by atoms with Crippen LogP contribution in [0.1, 0.15) is 218 Å². The van der Waals surface area contributed by atoms with Gasteiger partial charge in [0.15, 0.2) is 0 Å². The first kappa shape index (κ1) is 41.9. The molecule has 0 N–H and O–H groups in total. The predicted octanol–water partition coefficient (Wildman–Crippen LogP) is 13.4. The largest absolute Gasteiger partial charge is 0.309 e. The molecule has 0 rings (SSSR count). The van der Waals surface area contributed by atoms with E-state index >= 15 is 0 Å². The summed E-state index contributed by atoms with van der Waals surface area (Å²) in [5.74, 6) is 0. The smallest absolute Gasteiger partial charge is 0.00248 e. The maximum Gasteiger partial charge on any atom is -0.00248 e. The fourth-order valence-electron chi connectivity index (χ4n) is 6.51. The Kier molecular flexibility index (Phi) is 37.0. The van der Waals surface area contributed by atoms with Crippen LogP contribution >= 0.6 is 0 Å². The molecule has 0 spiro atoms. The lowest BCUT2D eigenvalue weighted by Crippen LogP contribution is -2.12. The van der Waals surface area contributed by atoms with E-state index in [0.29, 0.717) is 0 Å². The molecule has 0 unspecified atom stereocenters. The van der Waals surface area contributed by atoms with Gasteiger partial charge in [-0.2, -0.15) is 0 Å². The summed E-state index contributed by atoms with van der Waals surface area (Å²) < 4.78 is 0. The van der Waals surface area contributed by atoms with Crippen LogP contribution in [0.4, 0.5) is 0 Å². The molecule has 0 heterocycles. The molecule has 0 aromatic heterocycles. The molecule has 0 aromatic carbocycles. The normalized spacial score (nSPS) is 11.9. The average Bonchev–Trinajstić information content (AvgIpc) is 2.96. The molecule has 0 amide bonds. The Labute approximate surface area is 268 Å². The second-order valence-electron chi connectivity index (χ2n) is 14.6. The maximum atomic E-state index is 2.31. The molecule has 254 valence electrons. The maximum absolute atomic E-state index is 2.31. The first-order chi connectivity index (χ1) is 20.6. The fraction of sp³-hybridized carbons (Fsp3) is 1.00. The number of nitrogens with zero attached hydrogens (tertiary/aromatic N) is 2. The summed E-state index contributed by atoms with van der Waals surface area (Å²) in [6.07, 6.45) is 50.1. The lowest BCUT2D eigenvalue weighted by molar-refractivity contribution is 0.389. The SMILES string of the molecule is CN(C)CCCCCCCCCCCCCCCCCCCCCCCCCCCCCCCCCCCCN(C)C. The number of rotatable bonds is 37. The lowest BCUT2D eigenvalue weighted by atomic mass is 10.0. The highest BCUT2D eigenvalue weighted by molar-refractivity contribution is 4.54. The zero-order valence-electron chi connectivity index (χ0n) is 30.4. The van der Waals surface area contributed by atoms with E-state index in [2.05, 4.69) is 38.0 Å². The van der Waals surface area contributed by atoms with Crippen molar-refractivity contribution < 1.29 is 0 Å². The van der Waals surface area contributed by atoms with Crippen molar-refractivity contribution in [3.8, 4) is 0 Å². The summed E-state index contributed by atoms with van der Waals surface area (Å²) in [5, 5.41) is 0. The molecule has 0 atom stereocenters. The van der Waals surface area contributed by atoms with Crippen molar-refractivity contribution in [3.63, 3.8) is 0 Å². The minimum atomic E-state index is 1.26. The molecule has 42 heavy (non-hydrogen) atoms. The summed E-state index contributed by atoms with van der Waals surface area (Å²) >= 11 is 0. The standard InChI is InChI=1S/C40H84N2/c1-41(2)39-37-35-33-31-29-27-25-23-21-19-17-15-13-11-9-7-5-6-8-10-12-14-16-18-20-22-24-26-28-30-32-34-36-38-40-42(3)4/h5-40H2,1-4H3. The Hall–Kier alpha value is -0.0800. The summed E-state index contributed by atoms with van der Waals surface area (Å²) in [6.45, 7) is 2.53. The highest BCUT2D eigenvalue weighted by Gasteiger charge is 1.98. The fourth-order valence-corrected chi connectivity index (χ4v) is 6.51. The minimum absolute atomic E-state index is 1.26. The van der Waals surface area contributed by atoms with Gasteiger partial charge in [-0.15, -0.1) is 0 Å². The predicted molar refractivity (Wildman–Crippen MR) is 194 cm³/mol. The molecule has 0 radical (unpaired) electrons. The van der Waals surface area contributed by atoms with E-state index in [0.717, 1.165) is 0 Å². The third-order valence-electron chi connectivity index (χ3n) is 9.46. The van der Waals surface area contributed by atoms with Crippen molar-refractivity contribution in [2.45, 2.75) is 218 Å². The van der Waals surface area contributed by atoms with Crippen molar-refractivity contribution in [3.05, 3.63) is 0 Å². The molecule has 0 fully saturated rings. The Bertz CT molecular complexity index is 419. The van der Waals surface area contributed by atoms with Crippen molar-refractivity contribution in [1.29, 1.82) is 0 Å². The summed E-state index contributed by atoms with van der Waals surface area (Å²) in [7, 11) is 8.74. The first-order valence-corrected chi connectivity index (χ1v) is 19.9. The van der Waals surface area contributed by atoms with E-state index in [1.54, 1.807) is 0 Å². The van der Waals surface area contributed by atoms with Crippen LogP contribution in [0, 0.1) is 0 Å². The van der Waals surface area contributed by atoms with Crippen LogP contribution in [0.2, 0.25) is 0 Å². The second-order valence-corrected chi connectivity index (χ2v) is 14.6. The van der Waals surface area contributed by atoms with Crippen molar-refractivity contribution >= 4 is 0 Å². The first-order valence-electron chi connectivity index (χ1n) is 19.9. The zero-order valence-corrected chi connectivity index (χ0v) is 30.4. The topological polar surface area (TPSA) is 6.48 Å². The highest BCUT2D eigenvalue weighted by Crippen LogP contribution is 2.17. The van der Waals surface area contributed by atoms with E-state index in [4.69, 9.17) is 0 Å². The number of hydrogen-bond acceptors (Lipinski definition) is 2. The molecule has 2 heteroatoms. The van der Waals surface area contributed by atoms with Crippen molar-refractivity contribution in [2.75, 3.05) is 41.3 Å². The monoisotopic (exact) mass is 593 g/mol. The lowest BCUT2D eigenvalue weighted by Gasteiger charge is -2.08. The van der Waals surface area contributed by atoms with Gasteiger partial charge in [-0.1, -0.05) is 205 Å². The molecule has 0 saturated carbocycles. The zero-order chi connectivity index (χ0) is 30.6. The molecule has 0 saturated heterocycles. The van der Waals surface area contributed by atoms with Gasteiger partial charge in [0.05, 0.1) is 0 Å². The van der Waals surface area contributed by atoms with E-state index in [-0.39, 0.29) is 0 Å². The van der Waals surface area contributed by atoms with Crippen molar-refractivity contribution in [2.24, 2.45) is 0 Å². The third kappa shape index (κ3) is 39.9. The van der Waals surface area contributed by atoms with Crippen LogP contribution in [0.5, 0.6) is 0 Å². The molecule has 2 nitrogen and oxygen atoms in total. The number of unbranched alkanes of at least 4 members (excludes halogenated alkanes) is 33. The van der Waals surface area contributed by atoms with Gasteiger partial charge in [0.25, 0.3) is 0 Å². The molecule has 0 aliphatic heterocycles. The van der Waals surface area contributed by atoms with Crippen LogP contribution in [-0.2, 0) is 0 Å². The van der Waals surface area contributed by atoms with E-state index in [1.807, 2.05) is 0 Å². The number of hydrogen-bond donors (Lipinski definition) is 0. The molecule has 0 bridgehead atoms. The molecule has 0 aliphatic carbocycles. The molecule has 0 aliphatic rings. The van der Waals surface area contributed by atoms with Gasteiger partial charge in [-0.05, 0) is 54.1 Å². The Morgan fingerprint density at radius 2 is 0.262 bits per heavy atom. The summed E-state index contributed by atoms with van der Waals surface area (Å²) in [5.41, 5.74) is 0. The van der Waals surface area contributed by atoms with Gasteiger partial charge in [0.2, 0.25) is 0 Å². The average molecular weight is 593 g/mol. The van der Waals surface area contributed by atoms with Gasteiger partial charge in [0, 0.05) is 0 Å². The minimum Gasteiger partial charge on any atom is -0.309 e. The highest BCUT2D eigenvalue weighted by atomic mass is 15.0. The molecular weight excluding hydrogens is 508 g/mol. The van der Waals surface area contributed by atoms with Gasteiger partial charge < -0.3 is 9.80 Å². The van der Waals surface area contributed by atoms with Gasteiger partial charge in [-0.25, -0.2) is 0 Å². The van der Waals surface area contributed by atoms with Crippen LogP contribution in [0.3, 0.4) is 0 Å². The van der Waals surface area contributed by atoms with Crippen LogP contribution in [-0.4, -0.2) is 51.1 Å². The van der Waals surface area contributed by atoms with Crippen LogP contribution in [0.25, 0.3) is 0 Å². The van der Waals surface area contributed by atoms with Gasteiger partial charge >= 0.3 is 0 Å².